The van der Waals surface area contributed by atoms with E-state index in [0.29, 0.717) is 6.54 Å². The second kappa shape index (κ2) is 6.55. The first-order valence-corrected chi connectivity index (χ1v) is 8.00. The first kappa shape index (κ1) is 15.5. The van der Waals surface area contributed by atoms with Crippen molar-refractivity contribution < 1.29 is 8.42 Å². The van der Waals surface area contributed by atoms with Crippen molar-refractivity contribution in [3.05, 3.63) is 35.9 Å². The summed E-state index contributed by atoms with van der Waals surface area (Å²) in [5.41, 5.74) is 1.04. The van der Waals surface area contributed by atoms with Crippen molar-refractivity contribution in [2.45, 2.75) is 25.1 Å². The van der Waals surface area contributed by atoms with Crippen LogP contribution in [-0.2, 0) is 10.0 Å². The molecule has 0 heterocycles. The Kier molecular flexibility index (Phi) is 5.63. The average Bonchev–Trinajstić information content (AvgIpc) is 2.28. The fraction of sp³-hybridized carbons (Fsp3) is 0.538. The molecule has 102 valence electrons. The van der Waals surface area contributed by atoms with E-state index in [2.05, 4.69) is 0 Å². The zero-order valence-electron chi connectivity index (χ0n) is 11.0. The highest BCUT2D eigenvalue weighted by molar-refractivity contribution is 7.89. The third-order valence-electron chi connectivity index (χ3n) is 2.81. The zero-order chi connectivity index (χ0) is 13.8. The molecule has 0 spiro atoms. The molecule has 2 atom stereocenters. The third-order valence-corrected chi connectivity index (χ3v) is 4.97. The maximum absolute atomic E-state index is 12.1. The van der Waals surface area contributed by atoms with Gasteiger partial charge in [0.25, 0.3) is 0 Å². The molecule has 18 heavy (non-hydrogen) atoms. The van der Waals surface area contributed by atoms with Gasteiger partial charge in [0, 0.05) is 19.0 Å². The summed E-state index contributed by atoms with van der Waals surface area (Å²) in [6.07, 6.45) is 0. The summed E-state index contributed by atoms with van der Waals surface area (Å²) in [4.78, 5) is 0. The molecular weight excluding hydrogens is 270 g/mol. The topological polar surface area (TPSA) is 37.4 Å². The Morgan fingerprint density at radius 3 is 2.28 bits per heavy atom. The lowest BCUT2D eigenvalue weighted by Gasteiger charge is -2.21. The average molecular weight is 290 g/mol. The molecule has 0 radical (unpaired) electrons. The predicted molar refractivity (Wildman–Crippen MR) is 76.6 cm³/mol. The van der Waals surface area contributed by atoms with Crippen molar-refractivity contribution in [1.29, 1.82) is 0 Å². The number of halogens is 1. The highest BCUT2D eigenvalue weighted by Crippen LogP contribution is 2.18. The van der Waals surface area contributed by atoms with Gasteiger partial charge in [-0.15, -0.1) is 11.6 Å². The summed E-state index contributed by atoms with van der Waals surface area (Å²) >= 11 is 5.83. The number of hydrogen-bond donors (Lipinski definition) is 0. The van der Waals surface area contributed by atoms with E-state index < -0.39 is 10.0 Å². The first-order chi connectivity index (χ1) is 8.33. The summed E-state index contributed by atoms with van der Waals surface area (Å²) in [5.74, 6) is 0.0844. The quantitative estimate of drug-likeness (QED) is 0.755. The monoisotopic (exact) mass is 289 g/mol. The molecule has 0 aliphatic carbocycles. The Hall–Kier alpha value is -0.580. The molecule has 0 bridgehead atoms. The zero-order valence-corrected chi connectivity index (χ0v) is 12.6. The summed E-state index contributed by atoms with van der Waals surface area (Å²) in [6, 6.07) is 9.66. The molecule has 0 fully saturated rings. The molecule has 1 aromatic carbocycles. The van der Waals surface area contributed by atoms with Crippen LogP contribution >= 0.6 is 11.6 Å². The maximum Gasteiger partial charge on any atom is 0.214 e. The van der Waals surface area contributed by atoms with Crippen molar-refractivity contribution in [2.75, 3.05) is 19.3 Å². The van der Waals surface area contributed by atoms with Crippen LogP contribution in [0.3, 0.4) is 0 Å². The standard InChI is InChI=1S/C13H20ClNO2S/c1-11(13-7-5-4-6-8-13)10-18(16,17)15(3)9-12(2)14/h4-8,11-12H,9-10H2,1-3H3. The van der Waals surface area contributed by atoms with E-state index in [1.165, 1.54) is 4.31 Å². The van der Waals surface area contributed by atoms with Crippen molar-refractivity contribution in [3.63, 3.8) is 0 Å². The number of sulfonamides is 1. The van der Waals surface area contributed by atoms with Crippen LogP contribution in [0.2, 0.25) is 0 Å². The lowest BCUT2D eigenvalue weighted by molar-refractivity contribution is 0.467. The Morgan fingerprint density at radius 1 is 1.22 bits per heavy atom. The van der Waals surface area contributed by atoms with Crippen molar-refractivity contribution in [2.24, 2.45) is 0 Å². The molecule has 0 saturated heterocycles. The van der Waals surface area contributed by atoms with Gasteiger partial charge in [0.1, 0.15) is 0 Å². The summed E-state index contributed by atoms with van der Waals surface area (Å²) < 4.78 is 25.6. The molecule has 0 aromatic heterocycles. The van der Waals surface area contributed by atoms with E-state index in [9.17, 15) is 8.42 Å². The van der Waals surface area contributed by atoms with Gasteiger partial charge in [0.2, 0.25) is 10.0 Å². The third kappa shape index (κ3) is 4.59. The minimum absolute atomic E-state index is 0.0238. The summed E-state index contributed by atoms with van der Waals surface area (Å²) in [7, 11) is -1.68. The van der Waals surface area contributed by atoms with E-state index in [4.69, 9.17) is 11.6 Å². The maximum atomic E-state index is 12.1. The van der Waals surface area contributed by atoms with E-state index in [0.717, 1.165) is 5.56 Å². The molecule has 1 aromatic rings. The highest BCUT2D eigenvalue weighted by atomic mass is 35.5. The van der Waals surface area contributed by atoms with Crippen LogP contribution in [0.4, 0.5) is 0 Å². The predicted octanol–water partition coefficient (Wildman–Crippen LogP) is 2.68. The molecule has 0 N–H and O–H groups in total. The molecule has 0 aliphatic heterocycles. The number of alkyl halides is 1. The highest BCUT2D eigenvalue weighted by Gasteiger charge is 2.22. The van der Waals surface area contributed by atoms with Crippen molar-refractivity contribution in [3.8, 4) is 0 Å². The van der Waals surface area contributed by atoms with Crippen LogP contribution in [0, 0.1) is 0 Å². The van der Waals surface area contributed by atoms with Crippen LogP contribution in [-0.4, -0.2) is 37.4 Å². The minimum atomic E-state index is -3.25. The Balaban J connectivity index is 2.71. The molecule has 5 heteroatoms. The van der Waals surface area contributed by atoms with Crippen LogP contribution in [0.5, 0.6) is 0 Å². The van der Waals surface area contributed by atoms with E-state index in [1.54, 1.807) is 14.0 Å². The number of rotatable bonds is 6. The van der Waals surface area contributed by atoms with Gasteiger partial charge >= 0.3 is 0 Å². The SMILES string of the molecule is CC(Cl)CN(C)S(=O)(=O)CC(C)c1ccccc1. The second-order valence-corrected chi connectivity index (χ2v) is 7.52. The fourth-order valence-corrected chi connectivity index (χ4v) is 3.61. The van der Waals surface area contributed by atoms with Gasteiger partial charge in [-0.2, -0.15) is 0 Å². The van der Waals surface area contributed by atoms with Gasteiger partial charge in [-0.05, 0) is 18.4 Å². The van der Waals surface area contributed by atoms with Gasteiger partial charge < -0.3 is 0 Å². The van der Waals surface area contributed by atoms with E-state index >= 15 is 0 Å². The molecule has 0 saturated carbocycles. The second-order valence-electron chi connectivity index (χ2n) is 4.65. The smallest absolute Gasteiger partial charge is 0.212 e. The van der Waals surface area contributed by atoms with Crippen LogP contribution in [0.1, 0.15) is 25.3 Å². The van der Waals surface area contributed by atoms with Gasteiger partial charge in [-0.3, -0.25) is 0 Å². The number of nitrogens with zero attached hydrogens (tertiary/aromatic N) is 1. The molecule has 0 aliphatic rings. The fourth-order valence-electron chi connectivity index (χ4n) is 1.79. The Labute approximate surface area is 115 Å². The first-order valence-electron chi connectivity index (χ1n) is 5.96. The normalized spacial score (nSPS) is 15.6. The molecule has 0 amide bonds. The summed E-state index contributed by atoms with van der Waals surface area (Å²) in [6.45, 7) is 4.05. The lowest BCUT2D eigenvalue weighted by atomic mass is 10.0. The Morgan fingerprint density at radius 2 is 1.78 bits per heavy atom. The van der Waals surface area contributed by atoms with E-state index in [-0.39, 0.29) is 17.0 Å². The molecule has 3 nitrogen and oxygen atoms in total. The van der Waals surface area contributed by atoms with Gasteiger partial charge in [0.05, 0.1) is 5.75 Å². The number of hydrogen-bond acceptors (Lipinski definition) is 2. The Bertz CT molecular complexity index is 459. The lowest BCUT2D eigenvalue weighted by Crippen LogP contribution is -2.34. The summed E-state index contributed by atoms with van der Waals surface area (Å²) in [5, 5.41) is -0.184. The largest absolute Gasteiger partial charge is 0.214 e. The van der Waals surface area contributed by atoms with Crippen LogP contribution < -0.4 is 0 Å². The van der Waals surface area contributed by atoms with Gasteiger partial charge in [-0.1, -0.05) is 37.3 Å². The molecule has 2 unspecified atom stereocenters. The molecule has 1 rings (SSSR count). The van der Waals surface area contributed by atoms with Crippen LogP contribution in [0.15, 0.2) is 30.3 Å². The van der Waals surface area contributed by atoms with Crippen molar-refractivity contribution >= 4 is 21.6 Å². The van der Waals surface area contributed by atoms with Gasteiger partial charge in [-0.25, -0.2) is 12.7 Å². The number of benzene rings is 1. The minimum Gasteiger partial charge on any atom is -0.212 e. The van der Waals surface area contributed by atoms with E-state index in [1.807, 2.05) is 37.3 Å². The van der Waals surface area contributed by atoms with Gasteiger partial charge in [0.15, 0.2) is 0 Å². The van der Waals surface area contributed by atoms with Crippen molar-refractivity contribution in [1.82, 2.24) is 4.31 Å². The molecular formula is C13H20ClNO2S. The van der Waals surface area contributed by atoms with Crippen LogP contribution in [0.25, 0.3) is 0 Å².